The van der Waals surface area contributed by atoms with Crippen LogP contribution in [0.4, 0.5) is 5.69 Å². The molecule has 0 radical (unpaired) electrons. The van der Waals surface area contributed by atoms with Gasteiger partial charge in [-0.25, -0.2) is 4.98 Å². The van der Waals surface area contributed by atoms with Gasteiger partial charge in [-0.05, 0) is 23.6 Å². The quantitative estimate of drug-likeness (QED) is 0.561. The second kappa shape index (κ2) is 6.43. The van der Waals surface area contributed by atoms with Gasteiger partial charge in [0, 0.05) is 31.2 Å². The predicted molar refractivity (Wildman–Crippen MR) is 68.7 cm³/mol. The fourth-order valence-electron chi connectivity index (χ4n) is 2.53. The Labute approximate surface area is 139 Å². The van der Waals surface area contributed by atoms with Crippen LogP contribution in [0.3, 0.4) is 0 Å². The van der Waals surface area contributed by atoms with Crippen LogP contribution in [0.25, 0.3) is 0 Å². The molecule has 1 aromatic heterocycles. The maximum atomic E-state index is 10.7. The Balaban J connectivity index is 0.00000147. The Morgan fingerprint density at radius 1 is 1.40 bits per heavy atom. The van der Waals surface area contributed by atoms with E-state index >= 15 is 0 Å². The van der Waals surface area contributed by atoms with Gasteiger partial charge in [0.25, 0.3) is 0 Å². The molecule has 1 aliphatic heterocycles. The molecule has 0 amide bonds. The number of nitrogens with zero attached hydrogens (tertiary/aromatic N) is 3. The number of aliphatic carboxylic acids is 1. The van der Waals surface area contributed by atoms with Crippen molar-refractivity contribution in [3.63, 3.8) is 0 Å². The van der Waals surface area contributed by atoms with E-state index in [0.717, 1.165) is 25.2 Å². The number of hydrogen-bond acceptors (Lipinski definition) is 4. The van der Waals surface area contributed by atoms with Crippen molar-refractivity contribution in [2.24, 2.45) is 0 Å². The van der Waals surface area contributed by atoms with Gasteiger partial charge in [-0.2, -0.15) is 0 Å². The summed E-state index contributed by atoms with van der Waals surface area (Å²) in [6, 6.07) is 6.18. The number of imidazole rings is 1. The molecule has 0 unspecified atom stereocenters. The fourth-order valence-corrected chi connectivity index (χ4v) is 2.53. The van der Waals surface area contributed by atoms with E-state index < -0.39 is 5.97 Å². The van der Waals surface area contributed by atoms with Crippen LogP contribution in [-0.4, -0.2) is 28.6 Å². The number of aromatic nitrogens is 2. The van der Waals surface area contributed by atoms with Crippen molar-refractivity contribution < 1.29 is 39.5 Å². The largest absolute Gasteiger partial charge is 1.00 e. The van der Waals surface area contributed by atoms with Crippen molar-refractivity contribution >= 4 is 11.7 Å². The van der Waals surface area contributed by atoms with E-state index in [1.54, 1.807) is 12.5 Å². The predicted octanol–water partition coefficient (Wildman–Crippen LogP) is -2.95. The van der Waals surface area contributed by atoms with Gasteiger partial charge in [0.1, 0.15) is 0 Å². The van der Waals surface area contributed by atoms with Gasteiger partial charge in [0.15, 0.2) is 0 Å². The summed E-state index contributed by atoms with van der Waals surface area (Å²) >= 11 is 0. The molecule has 98 valence electrons. The topological polar surface area (TPSA) is 61.2 Å². The summed E-state index contributed by atoms with van der Waals surface area (Å²) in [5.41, 5.74) is 3.42. The van der Waals surface area contributed by atoms with Gasteiger partial charge < -0.3 is 19.4 Å². The zero-order valence-corrected chi connectivity index (χ0v) is 13.5. The molecule has 0 bridgehead atoms. The Bertz CT molecular complexity index is 598. The third-order valence-corrected chi connectivity index (χ3v) is 3.38. The summed E-state index contributed by atoms with van der Waals surface area (Å²) in [6.07, 6.45) is 6.36. The van der Waals surface area contributed by atoms with Crippen LogP contribution in [0.15, 0.2) is 36.9 Å². The molecule has 5 nitrogen and oxygen atoms in total. The molecule has 0 atom stereocenters. The van der Waals surface area contributed by atoms with E-state index in [1.165, 1.54) is 11.1 Å². The third kappa shape index (κ3) is 3.23. The van der Waals surface area contributed by atoms with Crippen molar-refractivity contribution in [1.82, 2.24) is 9.55 Å². The zero-order chi connectivity index (χ0) is 13.2. The normalized spacial score (nSPS) is 12.9. The van der Waals surface area contributed by atoms with E-state index in [1.807, 2.05) is 27.8 Å². The maximum Gasteiger partial charge on any atom is 1.00 e. The number of anilines is 1. The summed E-state index contributed by atoms with van der Waals surface area (Å²) in [7, 11) is 0. The van der Waals surface area contributed by atoms with Crippen LogP contribution in [0.2, 0.25) is 0 Å². The Kier molecular flexibility index (Phi) is 4.86. The number of carboxylic acid groups (broad SMARTS) is 1. The van der Waals surface area contributed by atoms with Crippen LogP contribution in [0.1, 0.15) is 11.1 Å². The minimum Gasteiger partial charge on any atom is -0.548 e. The van der Waals surface area contributed by atoms with E-state index in [9.17, 15) is 9.90 Å². The first kappa shape index (κ1) is 15.1. The first-order valence-corrected chi connectivity index (χ1v) is 6.25. The minimum absolute atomic E-state index is 0. The van der Waals surface area contributed by atoms with Gasteiger partial charge in [0.2, 0.25) is 0 Å². The molecular formula is C14H14N3NaO2. The Morgan fingerprint density at radius 3 is 2.95 bits per heavy atom. The first-order valence-electron chi connectivity index (χ1n) is 6.25. The van der Waals surface area contributed by atoms with Crippen molar-refractivity contribution in [3.05, 3.63) is 48.0 Å². The number of carbonyl (C=O) groups is 1. The summed E-state index contributed by atoms with van der Waals surface area (Å²) in [6.45, 7) is 1.50. The second-order valence-corrected chi connectivity index (χ2v) is 4.74. The number of fused-ring (bicyclic) bond motifs is 1. The van der Waals surface area contributed by atoms with Crippen LogP contribution >= 0.6 is 0 Å². The molecule has 0 saturated carbocycles. The number of carbonyl (C=O) groups excluding carboxylic acids is 1. The van der Waals surface area contributed by atoms with E-state index in [2.05, 4.69) is 11.1 Å². The maximum absolute atomic E-state index is 10.7. The van der Waals surface area contributed by atoms with Crippen LogP contribution in [-0.2, 0) is 17.8 Å². The van der Waals surface area contributed by atoms with E-state index in [4.69, 9.17) is 0 Å². The van der Waals surface area contributed by atoms with Gasteiger partial charge >= 0.3 is 29.6 Å². The van der Waals surface area contributed by atoms with Crippen molar-refractivity contribution in [2.75, 3.05) is 18.0 Å². The van der Waals surface area contributed by atoms with Crippen LogP contribution in [0, 0.1) is 0 Å². The van der Waals surface area contributed by atoms with E-state index in [-0.39, 0.29) is 36.1 Å². The molecule has 2 heterocycles. The number of rotatable bonds is 4. The monoisotopic (exact) mass is 279 g/mol. The molecule has 1 aliphatic rings. The summed E-state index contributed by atoms with van der Waals surface area (Å²) in [4.78, 5) is 16.6. The number of hydrogen-bond donors (Lipinski definition) is 0. The summed E-state index contributed by atoms with van der Waals surface area (Å²) < 4.78 is 2.01. The summed E-state index contributed by atoms with van der Waals surface area (Å²) in [5, 5.41) is 10.7. The third-order valence-electron chi connectivity index (χ3n) is 3.38. The van der Waals surface area contributed by atoms with Crippen LogP contribution < -0.4 is 39.6 Å². The number of benzene rings is 1. The molecule has 0 fully saturated rings. The van der Waals surface area contributed by atoms with Crippen molar-refractivity contribution in [2.45, 2.75) is 13.0 Å². The average molecular weight is 279 g/mol. The first-order chi connectivity index (χ1) is 9.22. The SMILES string of the molecule is O=C([O-])CN1CCc2cc(Cn3ccnc3)ccc21.[Na+]. The van der Waals surface area contributed by atoms with Gasteiger partial charge in [-0.3, -0.25) is 0 Å². The fraction of sp³-hybridized carbons (Fsp3) is 0.286. The molecule has 2 aromatic rings. The molecule has 0 N–H and O–H groups in total. The molecule has 0 spiro atoms. The standard InChI is InChI=1S/C14H15N3O2.Na/c18-14(19)9-17-5-3-12-7-11(1-2-13(12)17)8-16-6-4-15-10-16;/h1-2,4,6-7,10H,3,5,8-9H2,(H,18,19);/q;+1/p-1. The summed E-state index contributed by atoms with van der Waals surface area (Å²) in [5.74, 6) is -1.03. The molecular weight excluding hydrogens is 265 g/mol. The van der Waals surface area contributed by atoms with Gasteiger partial charge in [-0.15, -0.1) is 0 Å². The van der Waals surface area contributed by atoms with E-state index in [0.29, 0.717) is 0 Å². The van der Waals surface area contributed by atoms with Gasteiger partial charge in [0.05, 0.1) is 18.8 Å². The Hall–Kier alpha value is -1.30. The molecule has 6 heteroatoms. The molecule has 3 rings (SSSR count). The van der Waals surface area contributed by atoms with Crippen molar-refractivity contribution in [1.29, 1.82) is 0 Å². The average Bonchev–Trinajstić information content (AvgIpc) is 2.99. The second-order valence-electron chi connectivity index (χ2n) is 4.74. The van der Waals surface area contributed by atoms with Crippen molar-refractivity contribution in [3.8, 4) is 0 Å². The minimum atomic E-state index is -1.03. The van der Waals surface area contributed by atoms with Gasteiger partial charge in [-0.1, -0.05) is 12.1 Å². The number of carboxylic acids is 1. The smallest absolute Gasteiger partial charge is 0.548 e. The molecule has 1 aromatic carbocycles. The Morgan fingerprint density at radius 2 is 2.25 bits per heavy atom. The van der Waals surface area contributed by atoms with Crippen LogP contribution in [0.5, 0.6) is 0 Å². The molecule has 0 saturated heterocycles. The zero-order valence-electron chi connectivity index (χ0n) is 11.5. The molecule has 0 aliphatic carbocycles. The molecule has 20 heavy (non-hydrogen) atoms.